The first-order chi connectivity index (χ1) is 12.0. The fraction of sp³-hybridized carbons (Fsp3) is 0.389. The van der Waals surface area contributed by atoms with Gasteiger partial charge in [0.05, 0.1) is 10.6 Å². The van der Waals surface area contributed by atoms with Crippen LogP contribution in [-0.4, -0.2) is 37.9 Å². The third kappa shape index (κ3) is 5.25. The number of piperidine rings is 1. The molecule has 1 fully saturated rings. The molecule has 1 saturated heterocycles. The molecule has 0 bridgehead atoms. The molecule has 1 aromatic carbocycles. The maximum Gasteiger partial charge on any atom is 0.240 e. The zero-order valence-corrected chi connectivity index (χ0v) is 15.5. The van der Waals surface area contributed by atoms with E-state index in [1.807, 2.05) is 24.4 Å². The van der Waals surface area contributed by atoms with Crippen LogP contribution in [0.5, 0.6) is 0 Å². The van der Waals surface area contributed by atoms with E-state index in [1.54, 1.807) is 18.2 Å². The van der Waals surface area contributed by atoms with E-state index in [2.05, 4.69) is 14.6 Å². The van der Waals surface area contributed by atoms with Crippen molar-refractivity contribution in [3.05, 3.63) is 59.4 Å². The van der Waals surface area contributed by atoms with Crippen LogP contribution in [0, 0.1) is 5.92 Å². The van der Waals surface area contributed by atoms with Gasteiger partial charge in [0.2, 0.25) is 10.0 Å². The van der Waals surface area contributed by atoms with Gasteiger partial charge in [-0.25, -0.2) is 13.1 Å². The number of pyridine rings is 1. The monoisotopic (exact) mass is 379 g/mol. The molecule has 25 heavy (non-hydrogen) atoms. The highest BCUT2D eigenvalue weighted by molar-refractivity contribution is 7.89. The van der Waals surface area contributed by atoms with Crippen LogP contribution in [0.15, 0.2) is 53.6 Å². The Morgan fingerprint density at radius 1 is 1.16 bits per heavy atom. The van der Waals surface area contributed by atoms with Crippen molar-refractivity contribution < 1.29 is 8.42 Å². The highest BCUT2D eigenvalue weighted by atomic mass is 35.5. The first-order valence-corrected chi connectivity index (χ1v) is 10.3. The molecule has 2 aromatic rings. The number of nitrogens with zero attached hydrogens (tertiary/aromatic N) is 2. The van der Waals surface area contributed by atoms with Gasteiger partial charge in [-0.3, -0.25) is 9.88 Å². The summed E-state index contributed by atoms with van der Waals surface area (Å²) in [5.41, 5.74) is 1.07. The van der Waals surface area contributed by atoms with Crippen LogP contribution < -0.4 is 4.72 Å². The Labute approximate surface area is 154 Å². The molecule has 3 rings (SSSR count). The number of nitrogens with one attached hydrogen (secondary N) is 1. The Balaban J connectivity index is 1.48. The topological polar surface area (TPSA) is 62.3 Å². The van der Waals surface area contributed by atoms with Gasteiger partial charge in [0.15, 0.2) is 0 Å². The molecule has 7 heteroatoms. The summed E-state index contributed by atoms with van der Waals surface area (Å²) in [6.07, 6.45) is 3.77. The maximum atomic E-state index is 12.3. The SMILES string of the molecule is O=S(=O)(NCC1CCN(Cc2ccccn2)CC1)c1cccc(Cl)c1. The number of benzene rings is 1. The van der Waals surface area contributed by atoms with Crippen molar-refractivity contribution in [2.45, 2.75) is 24.3 Å². The van der Waals surface area contributed by atoms with Gasteiger partial charge in [0.25, 0.3) is 0 Å². The highest BCUT2D eigenvalue weighted by Crippen LogP contribution is 2.20. The van der Waals surface area contributed by atoms with Crippen molar-refractivity contribution in [1.82, 2.24) is 14.6 Å². The van der Waals surface area contributed by atoms with E-state index in [9.17, 15) is 8.42 Å². The maximum absolute atomic E-state index is 12.3. The van der Waals surface area contributed by atoms with Gasteiger partial charge in [-0.2, -0.15) is 0 Å². The summed E-state index contributed by atoms with van der Waals surface area (Å²) >= 11 is 5.88. The third-order valence-corrected chi connectivity index (χ3v) is 6.14. The number of likely N-dealkylation sites (tertiary alicyclic amines) is 1. The minimum Gasteiger partial charge on any atom is -0.297 e. The van der Waals surface area contributed by atoms with Crippen LogP contribution in [-0.2, 0) is 16.6 Å². The van der Waals surface area contributed by atoms with Crippen LogP contribution in [0.2, 0.25) is 5.02 Å². The summed E-state index contributed by atoms with van der Waals surface area (Å²) < 4.78 is 27.4. The van der Waals surface area contributed by atoms with Crippen LogP contribution >= 0.6 is 11.6 Å². The number of rotatable bonds is 6. The summed E-state index contributed by atoms with van der Waals surface area (Å²) in [7, 11) is -3.50. The van der Waals surface area contributed by atoms with E-state index in [0.29, 0.717) is 17.5 Å². The average Bonchev–Trinajstić information content (AvgIpc) is 2.62. The third-order valence-electron chi connectivity index (χ3n) is 4.49. The summed E-state index contributed by atoms with van der Waals surface area (Å²) in [6.45, 7) is 3.23. The summed E-state index contributed by atoms with van der Waals surface area (Å²) in [5, 5.41) is 0.422. The number of sulfonamides is 1. The number of aromatic nitrogens is 1. The van der Waals surface area contributed by atoms with Crippen molar-refractivity contribution in [3.8, 4) is 0 Å². The second kappa shape index (κ2) is 8.27. The molecule has 0 spiro atoms. The molecule has 134 valence electrons. The minimum atomic E-state index is -3.50. The molecule has 0 atom stereocenters. The molecule has 0 saturated carbocycles. The van der Waals surface area contributed by atoms with E-state index in [1.165, 1.54) is 6.07 Å². The van der Waals surface area contributed by atoms with Crippen LogP contribution in [0.4, 0.5) is 0 Å². The van der Waals surface area contributed by atoms with Gasteiger partial charge in [-0.05, 0) is 62.2 Å². The molecule has 2 heterocycles. The molecule has 1 aliphatic rings. The molecular weight excluding hydrogens is 358 g/mol. The molecule has 0 amide bonds. The Morgan fingerprint density at radius 3 is 2.64 bits per heavy atom. The lowest BCUT2D eigenvalue weighted by Crippen LogP contribution is -2.38. The van der Waals surface area contributed by atoms with Gasteiger partial charge in [0.1, 0.15) is 0 Å². The summed E-state index contributed by atoms with van der Waals surface area (Å²) in [4.78, 5) is 6.94. The number of hydrogen-bond acceptors (Lipinski definition) is 4. The van der Waals surface area contributed by atoms with Gasteiger partial charge in [0, 0.05) is 24.3 Å². The second-order valence-corrected chi connectivity index (χ2v) is 8.55. The van der Waals surface area contributed by atoms with Crippen molar-refractivity contribution in [3.63, 3.8) is 0 Å². The predicted octanol–water partition coefficient (Wildman–Crippen LogP) is 2.93. The lowest BCUT2D eigenvalue weighted by molar-refractivity contribution is 0.177. The van der Waals surface area contributed by atoms with E-state index in [0.717, 1.165) is 38.2 Å². The lowest BCUT2D eigenvalue weighted by atomic mass is 9.97. The first kappa shape index (κ1) is 18.3. The largest absolute Gasteiger partial charge is 0.297 e. The van der Waals surface area contributed by atoms with Gasteiger partial charge < -0.3 is 0 Å². The zero-order chi connectivity index (χ0) is 17.7. The highest BCUT2D eigenvalue weighted by Gasteiger charge is 2.22. The Morgan fingerprint density at radius 2 is 1.96 bits per heavy atom. The van der Waals surface area contributed by atoms with Crippen molar-refractivity contribution in [1.29, 1.82) is 0 Å². The van der Waals surface area contributed by atoms with Gasteiger partial charge >= 0.3 is 0 Å². The summed E-state index contributed by atoms with van der Waals surface area (Å²) in [5.74, 6) is 0.356. The normalized spacial score (nSPS) is 16.8. The molecule has 0 radical (unpaired) electrons. The van der Waals surface area contributed by atoms with Crippen molar-refractivity contribution in [2.75, 3.05) is 19.6 Å². The standard InChI is InChI=1S/C18H22ClN3O2S/c19-16-4-3-6-18(12-16)25(23,24)21-13-15-7-10-22(11-8-15)14-17-5-1-2-9-20-17/h1-6,9,12,15,21H,7-8,10-11,13-14H2. The lowest BCUT2D eigenvalue weighted by Gasteiger charge is -2.31. The molecule has 1 N–H and O–H groups in total. The molecule has 1 aromatic heterocycles. The smallest absolute Gasteiger partial charge is 0.240 e. The molecule has 0 unspecified atom stereocenters. The van der Waals surface area contributed by atoms with E-state index in [-0.39, 0.29) is 4.90 Å². The Hall–Kier alpha value is -1.47. The van der Waals surface area contributed by atoms with Gasteiger partial charge in [-0.15, -0.1) is 0 Å². The van der Waals surface area contributed by atoms with Crippen molar-refractivity contribution in [2.24, 2.45) is 5.92 Å². The van der Waals surface area contributed by atoms with Crippen LogP contribution in [0.3, 0.4) is 0 Å². The Kier molecular flexibility index (Phi) is 6.06. The number of hydrogen-bond donors (Lipinski definition) is 1. The van der Waals surface area contributed by atoms with Crippen LogP contribution in [0.25, 0.3) is 0 Å². The molecular formula is C18H22ClN3O2S. The fourth-order valence-corrected chi connectivity index (χ4v) is 4.43. The molecule has 0 aliphatic carbocycles. The van der Waals surface area contributed by atoms with Crippen molar-refractivity contribution >= 4 is 21.6 Å². The van der Waals surface area contributed by atoms with E-state index in [4.69, 9.17) is 11.6 Å². The minimum absolute atomic E-state index is 0.215. The second-order valence-electron chi connectivity index (χ2n) is 6.35. The Bertz CT molecular complexity index is 791. The summed E-state index contributed by atoms with van der Waals surface area (Å²) in [6, 6.07) is 12.3. The van der Waals surface area contributed by atoms with Gasteiger partial charge in [-0.1, -0.05) is 23.7 Å². The van der Waals surface area contributed by atoms with E-state index >= 15 is 0 Å². The fourth-order valence-electron chi connectivity index (χ4n) is 3.01. The quantitative estimate of drug-likeness (QED) is 0.838. The zero-order valence-electron chi connectivity index (χ0n) is 13.9. The van der Waals surface area contributed by atoms with E-state index < -0.39 is 10.0 Å². The van der Waals surface area contributed by atoms with Crippen LogP contribution in [0.1, 0.15) is 18.5 Å². The predicted molar refractivity (Wildman–Crippen MR) is 98.9 cm³/mol. The molecule has 1 aliphatic heterocycles. The average molecular weight is 380 g/mol. The molecule has 5 nitrogen and oxygen atoms in total. The number of halogens is 1. The first-order valence-electron chi connectivity index (χ1n) is 8.40.